The maximum absolute atomic E-state index is 12.2. The van der Waals surface area contributed by atoms with Gasteiger partial charge in [0, 0.05) is 12.8 Å². The number of unbranched alkanes of at least 4 members (excludes halogenated alkanes) is 17. The van der Waals surface area contributed by atoms with E-state index in [1.807, 2.05) is 0 Å². The normalized spacial score (nSPS) is 13.0. The summed E-state index contributed by atoms with van der Waals surface area (Å²) in [6, 6.07) is 0. The third-order valence-corrected chi connectivity index (χ3v) is 9.17. The Balaban J connectivity index is 3.63. The van der Waals surface area contributed by atoms with Crippen LogP contribution in [0.4, 0.5) is 0 Å². The first-order valence-electron chi connectivity index (χ1n) is 22.1. The zero-order valence-corrected chi connectivity index (χ0v) is 35.0. The van der Waals surface area contributed by atoms with Crippen LogP contribution < -0.4 is 0 Å². The Labute approximate surface area is 333 Å². The molecule has 0 heterocycles. The van der Waals surface area contributed by atoms with E-state index >= 15 is 0 Å². The number of aliphatic hydroxyl groups is 1. The summed E-state index contributed by atoms with van der Waals surface area (Å²) in [5, 5.41) is 9.58. The number of allylic oxidation sites excluding steroid dienone is 14. The summed E-state index contributed by atoms with van der Waals surface area (Å²) in [6.45, 7) is 3.99. The molecule has 0 aromatic heterocycles. The Morgan fingerprint density at radius 1 is 0.444 bits per heavy atom. The lowest BCUT2D eigenvalue weighted by Crippen LogP contribution is -2.28. The molecule has 0 aromatic rings. The molecule has 0 aliphatic heterocycles. The van der Waals surface area contributed by atoms with Crippen molar-refractivity contribution in [3.63, 3.8) is 0 Å². The highest BCUT2D eigenvalue weighted by atomic mass is 16.6. The number of ether oxygens (including phenoxy) is 2. The van der Waals surface area contributed by atoms with Gasteiger partial charge in [-0.05, 0) is 89.9 Å². The molecule has 0 saturated carbocycles. The van der Waals surface area contributed by atoms with Gasteiger partial charge in [0.15, 0.2) is 6.10 Å². The number of hydrogen-bond acceptors (Lipinski definition) is 5. The highest BCUT2D eigenvalue weighted by Gasteiger charge is 2.16. The number of rotatable bonds is 39. The first-order valence-corrected chi connectivity index (χ1v) is 22.1. The molecular formula is C49H82O5. The van der Waals surface area contributed by atoms with Crippen molar-refractivity contribution in [1.82, 2.24) is 0 Å². The first kappa shape index (κ1) is 51.1. The van der Waals surface area contributed by atoms with Gasteiger partial charge in [-0.15, -0.1) is 0 Å². The second-order valence-corrected chi connectivity index (χ2v) is 14.4. The summed E-state index contributed by atoms with van der Waals surface area (Å²) in [6.07, 6.45) is 60.8. The fraction of sp³-hybridized carbons (Fsp3) is 0.673. The second-order valence-electron chi connectivity index (χ2n) is 14.4. The summed E-state index contributed by atoms with van der Waals surface area (Å²) < 4.78 is 10.6. The van der Waals surface area contributed by atoms with E-state index in [1.54, 1.807) is 0 Å². The van der Waals surface area contributed by atoms with Crippen molar-refractivity contribution >= 4 is 11.9 Å². The van der Waals surface area contributed by atoms with Crippen LogP contribution in [0.5, 0.6) is 0 Å². The predicted molar refractivity (Wildman–Crippen MR) is 233 cm³/mol. The first-order chi connectivity index (χ1) is 26.6. The van der Waals surface area contributed by atoms with E-state index in [0.29, 0.717) is 12.8 Å². The molecule has 0 aromatic carbocycles. The Morgan fingerprint density at radius 3 is 1.22 bits per heavy atom. The molecule has 0 spiro atoms. The fourth-order valence-corrected chi connectivity index (χ4v) is 5.85. The molecule has 0 amide bonds. The van der Waals surface area contributed by atoms with Crippen molar-refractivity contribution in [2.24, 2.45) is 0 Å². The predicted octanol–water partition coefficient (Wildman–Crippen LogP) is 14.3. The molecule has 0 saturated heterocycles. The molecule has 1 unspecified atom stereocenters. The van der Waals surface area contributed by atoms with Crippen molar-refractivity contribution in [3.05, 3.63) is 85.1 Å². The Hall–Kier alpha value is -2.92. The van der Waals surface area contributed by atoms with Gasteiger partial charge >= 0.3 is 11.9 Å². The molecule has 0 radical (unpaired) electrons. The highest BCUT2D eigenvalue weighted by molar-refractivity contribution is 5.70. The number of carbonyl (C=O) groups is 2. The summed E-state index contributed by atoms with van der Waals surface area (Å²) in [4.78, 5) is 24.3. The molecule has 5 heteroatoms. The topological polar surface area (TPSA) is 72.8 Å². The molecule has 0 fully saturated rings. The minimum Gasteiger partial charge on any atom is -0.462 e. The zero-order valence-electron chi connectivity index (χ0n) is 35.0. The Morgan fingerprint density at radius 2 is 0.796 bits per heavy atom. The van der Waals surface area contributed by atoms with Crippen LogP contribution >= 0.6 is 0 Å². The van der Waals surface area contributed by atoms with Crippen molar-refractivity contribution in [3.8, 4) is 0 Å². The van der Waals surface area contributed by atoms with Crippen molar-refractivity contribution in [1.29, 1.82) is 0 Å². The number of carbonyl (C=O) groups excluding carboxylic acids is 2. The van der Waals surface area contributed by atoms with Crippen molar-refractivity contribution < 1.29 is 24.2 Å². The monoisotopic (exact) mass is 751 g/mol. The van der Waals surface area contributed by atoms with Crippen LogP contribution in [0.25, 0.3) is 0 Å². The number of esters is 2. The number of hydrogen-bond donors (Lipinski definition) is 1. The van der Waals surface area contributed by atoms with Gasteiger partial charge < -0.3 is 14.6 Å². The third-order valence-electron chi connectivity index (χ3n) is 9.17. The van der Waals surface area contributed by atoms with Gasteiger partial charge in [0.1, 0.15) is 6.61 Å². The molecule has 308 valence electrons. The Bertz CT molecular complexity index is 1030. The molecule has 0 aliphatic carbocycles. The van der Waals surface area contributed by atoms with Gasteiger partial charge in [-0.2, -0.15) is 0 Å². The van der Waals surface area contributed by atoms with Crippen LogP contribution in [0.2, 0.25) is 0 Å². The lowest BCUT2D eigenvalue weighted by Gasteiger charge is -2.15. The minimum atomic E-state index is -0.787. The van der Waals surface area contributed by atoms with E-state index in [4.69, 9.17) is 9.47 Å². The van der Waals surface area contributed by atoms with Gasteiger partial charge in [0.05, 0.1) is 6.61 Å². The van der Waals surface area contributed by atoms with Crippen LogP contribution in [0, 0.1) is 0 Å². The smallest absolute Gasteiger partial charge is 0.306 e. The highest BCUT2D eigenvalue weighted by Crippen LogP contribution is 2.12. The molecule has 1 N–H and O–H groups in total. The maximum Gasteiger partial charge on any atom is 0.306 e. The van der Waals surface area contributed by atoms with Crippen LogP contribution in [-0.2, 0) is 19.1 Å². The van der Waals surface area contributed by atoms with E-state index in [-0.39, 0.29) is 25.2 Å². The molecule has 5 nitrogen and oxygen atoms in total. The van der Waals surface area contributed by atoms with Gasteiger partial charge in [0.25, 0.3) is 0 Å². The molecule has 0 rings (SSSR count). The van der Waals surface area contributed by atoms with Crippen LogP contribution in [0.1, 0.15) is 194 Å². The molecule has 0 aliphatic rings. The van der Waals surface area contributed by atoms with Gasteiger partial charge in [-0.3, -0.25) is 9.59 Å². The second kappa shape index (κ2) is 44.5. The quantitative estimate of drug-likeness (QED) is 0.0385. The largest absolute Gasteiger partial charge is 0.462 e. The standard InChI is InChI=1S/C49H82O5/c1-3-5-7-9-11-13-15-17-19-20-21-22-23-24-25-26-27-28-30-32-34-36-38-40-42-44-49(52)54-47(45-50)46-53-48(51)43-41-39-37-35-33-31-29-18-16-14-12-10-8-6-4-2/h5,7,11,13,17-19,21-22,24-25,27-29,47,50H,3-4,6,8-10,12,14-16,20,23,26,30-46H2,1-2H3/b7-5-,13-11-,19-17-,22-21-,25-24-,28-27-,29-18-. The van der Waals surface area contributed by atoms with E-state index in [9.17, 15) is 14.7 Å². The lowest BCUT2D eigenvalue weighted by molar-refractivity contribution is -0.161. The third kappa shape index (κ3) is 41.8. The summed E-state index contributed by atoms with van der Waals surface area (Å²) in [5.41, 5.74) is 0. The van der Waals surface area contributed by atoms with E-state index in [0.717, 1.165) is 89.9 Å². The summed E-state index contributed by atoms with van der Waals surface area (Å²) in [7, 11) is 0. The molecule has 1 atom stereocenters. The average Bonchev–Trinajstić information content (AvgIpc) is 3.17. The average molecular weight is 751 g/mol. The maximum atomic E-state index is 12.2. The van der Waals surface area contributed by atoms with E-state index in [2.05, 4.69) is 98.9 Å². The van der Waals surface area contributed by atoms with Crippen LogP contribution in [-0.4, -0.2) is 36.4 Å². The summed E-state index contributed by atoms with van der Waals surface area (Å²) in [5.74, 6) is -0.622. The van der Waals surface area contributed by atoms with E-state index < -0.39 is 6.10 Å². The molecule has 0 bridgehead atoms. The SMILES string of the molecule is CC/C=C\C/C=C\C/C=C\C/C=C\C/C=C\C/C=C\CCCCCCCCC(=O)OC(CO)COC(=O)CCCCCCC/C=C\CCCCCCCC. The number of aliphatic hydroxyl groups excluding tert-OH is 1. The Kier molecular flexibility index (Phi) is 42.1. The van der Waals surface area contributed by atoms with Crippen molar-refractivity contribution in [2.75, 3.05) is 13.2 Å². The fourth-order valence-electron chi connectivity index (χ4n) is 5.85. The van der Waals surface area contributed by atoms with Crippen LogP contribution in [0.3, 0.4) is 0 Å². The van der Waals surface area contributed by atoms with Gasteiger partial charge in [-0.1, -0.05) is 176 Å². The molecule has 54 heavy (non-hydrogen) atoms. The zero-order chi connectivity index (χ0) is 39.3. The van der Waals surface area contributed by atoms with Crippen LogP contribution in [0.15, 0.2) is 85.1 Å². The minimum absolute atomic E-state index is 0.0804. The lowest BCUT2D eigenvalue weighted by atomic mass is 10.1. The van der Waals surface area contributed by atoms with Crippen molar-refractivity contribution in [2.45, 2.75) is 200 Å². The molecular weight excluding hydrogens is 669 g/mol. The van der Waals surface area contributed by atoms with Gasteiger partial charge in [0.2, 0.25) is 0 Å². The summed E-state index contributed by atoms with van der Waals surface area (Å²) >= 11 is 0. The van der Waals surface area contributed by atoms with E-state index in [1.165, 1.54) is 77.0 Å². The van der Waals surface area contributed by atoms with Gasteiger partial charge in [-0.25, -0.2) is 0 Å².